The van der Waals surface area contributed by atoms with Crippen LogP contribution in [0.2, 0.25) is 0 Å². The van der Waals surface area contributed by atoms with E-state index in [1.54, 1.807) is 0 Å². The lowest BCUT2D eigenvalue weighted by atomic mass is 10.1. The van der Waals surface area contributed by atoms with E-state index in [1.165, 1.54) is 0 Å². The summed E-state index contributed by atoms with van der Waals surface area (Å²) in [5.74, 6) is 0.884. The van der Waals surface area contributed by atoms with Gasteiger partial charge in [-0.25, -0.2) is 9.97 Å². The van der Waals surface area contributed by atoms with Gasteiger partial charge in [0.1, 0.15) is 0 Å². The molecule has 2 heterocycles. The quantitative estimate of drug-likeness (QED) is 0.739. The van der Waals surface area contributed by atoms with E-state index in [0.717, 1.165) is 30.4 Å². The van der Waals surface area contributed by atoms with Crippen molar-refractivity contribution >= 4 is 5.95 Å². The lowest BCUT2D eigenvalue weighted by Crippen LogP contribution is -2.55. The van der Waals surface area contributed by atoms with Gasteiger partial charge in [0.25, 0.3) is 0 Å². The van der Waals surface area contributed by atoms with Crippen molar-refractivity contribution in [1.29, 1.82) is 0 Å². The highest BCUT2D eigenvalue weighted by molar-refractivity contribution is 5.35. The standard InChI is InChI=1S/C13H22N4/c1-9-6-10(2)15-13(14-9)17-8-11(3)16(5)7-12(17)4/h6,11-12H,7-8H2,1-5H3/t11-,12-/m0/s1. The van der Waals surface area contributed by atoms with Gasteiger partial charge in [-0.2, -0.15) is 0 Å². The number of piperazine rings is 1. The topological polar surface area (TPSA) is 32.3 Å². The van der Waals surface area contributed by atoms with Crippen molar-refractivity contribution < 1.29 is 0 Å². The molecule has 0 N–H and O–H groups in total. The van der Waals surface area contributed by atoms with Crippen LogP contribution in [-0.4, -0.2) is 47.1 Å². The Morgan fingerprint density at radius 3 is 2.24 bits per heavy atom. The molecule has 1 aromatic rings. The smallest absolute Gasteiger partial charge is 0.226 e. The molecule has 0 saturated carbocycles. The zero-order valence-electron chi connectivity index (χ0n) is 11.4. The summed E-state index contributed by atoms with van der Waals surface area (Å²) in [4.78, 5) is 13.8. The van der Waals surface area contributed by atoms with Crippen LogP contribution in [0.15, 0.2) is 6.07 Å². The molecule has 0 radical (unpaired) electrons. The third kappa shape index (κ3) is 2.57. The van der Waals surface area contributed by atoms with Gasteiger partial charge in [0, 0.05) is 36.6 Å². The van der Waals surface area contributed by atoms with E-state index in [9.17, 15) is 0 Å². The largest absolute Gasteiger partial charge is 0.335 e. The van der Waals surface area contributed by atoms with Crippen LogP contribution in [0, 0.1) is 13.8 Å². The predicted octanol–water partition coefficient (Wildman–Crippen LogP) is 1.62. The summed E-state index contributed by atoms with van der Waals surface area (Å²) >= 11 is 0. The maximum atomic E-state index is 4.56. The third-order valence-corrected chi connectivity index (χ3v) is 3.53. The zero-order valence-corrected chi connectivity index (χ0v) is 11.4. The molecule has 0 amide bonds. The van der Waals surface area contributed by atoms with Crippen molar-refractivity contribution in [1.82, 2.24) is 14.9 Å². The molecule has 4 nitrogen and oxygen atoms in total. The number of rotatable bonds is 1. The van der Waals surface area contributed by atoms with Crippen LogP contribution in [0.25, 0.3) is 0 Å². The molecule has 1 saturated heterocycles. The lowest BCUT2D eigenvalue weighted by Gasteiger charge is -2.42. The number of likely N-dealkylation sites (N-methyl/N-ethyl adjacent to an activating group) is 1. The van der Waals surface area contributed by atoms with Gasteiger partial charge in [0.05, 0.1) is 0 Å². The second-order valence-electron chi connectivity index (χ2n) is 5.24. The summed E-state index contributed by atoms with van der Waals surface area (Å²) < 4.78 is 0. The van der Waals surface area contributed by atoms with E-state index in [4.69, 9.17) is 0 Å². The Morgan fingerprint density at radius 2 is 1.65 bits per heavy atom. The lowest BCUT2D eigenvalue weighted by molar-refractivity contribution is 0.204. The fraction of sp³-hybridized carbons (Fsp3) is 0.692. The number of hydrogen-bond acceptors (Lipinski definition) is 4. The first-order valence-corrected chi connectivity index (χ1v) is 6.26. The Bertz CT molecular complexity index is 384. The van der Waals surface area contributed by atoms with Crippen LogP contribution >= 0.6 is 0 Å². The number of aromatic nitrogens is 2. The van der Waals surface area contributed by atoms with Crippen molar-refractivity contribution in [2.24, 2.45) is 0 Å². The Labute approximate surface area is 104 Å². The molecular weight excluding hydrogens is 212 g/mol. The average molecular weight is 234 g/mol. The average Bonchev–Trinajstić information content (AvgIpc) is 2.22. The molecule has 0 unspecified atom stereocenters. The SMILES string of the molecule is Cc1cc(C)nc(N2C[C@H](C)N(C)C[C@@H]2C)n1. The summed E-state index contributed by atoms with van der Waals surface area (Å²) in [6, 6.07) is 3.04. The predicted molar refractivity (Wildman–Crippen MR) is 70.4 cm³/mol. The van der Waals surface area contributed by atoms with Crippen LogP contribution in [0.1, 0.15) is 25.2 Å². The minimum atomic E-state index is 0.470. The Kier molecular flexibility index (Phi) is 3.33. The van der Waals surface area contributed by atoms with Crippen LogP contribution in [-0.2, 0) is 0 Å². The van der Waals surface area contributed by atoms with Gasteiger partial charge in [-0.3, -0.25) is 4.90 Å². The van der Waals surface area contributed by atoms with Gasteiger partial charge >= 0.3 is 0 Å². The Hall–Kier alpha value is -1.16. The van der Waals surface area contributed by atoms with E-state index in [2.05, 4.69) is 40.7 Å². The first-order valence-electron chi connectivity index (χ1n) is 6.26. The Balaban J connectivity index is 2.26. The molecule has 0 aliphatic carbocycles. The minimum Gasteiger partial charge on any atom is -0.335 e. The van der Waals surface area contributed by atoms with E-state index < -0.39 is 0 Å². The molecule has 0 spiro atoms. The van der Waals surface area contributed by atoms with Gasteiger partial charge in [-0.15, -0.1) is 0 Å². The maximum absolute atomic E-state index is 4.56. The number of nitrogens with zero attached hydrogens (tertiary/aromatic N) is 4. The Morgan fingerprint density at radius 1 is 1.06 bits per heavy atom. The molecule has 1 aromatic heterocycles. The molecule has 1 fully saturated rings. The fourth-order valence-electron chi connectivity index (χ4n) is 2.41. The summed E-state index contributed by atoms with van der Waals surface area (Å²) in [6.07, 6.45) is 0. The number of hydrogen-bond donors (Lipinski definition) is 0. The summed E-state index contributed by atoms with van der Waals surface area (Å²) in [7, 11) is 2.18. The van der Waals surface area contributed by atoms with E-state index in [1.807, 2.05) is 19.9 Å². The van der Waals surface area contributed by atoms with Crippen LogP contribution < -0.4 is 4.90 Å². The molecule has 2 rings (SSSR count). The first-order chi connectivity index (χ1) is 7.97. The first kappa shape index (κ1) is 12.3. The zero-order chi connectivity index (χ0) is 12.6. The molecule has 0 aromatic carbocycles. The van der Waals surface area contributed by atoms with Crippen LogP contribution in [0.5, 0.6) is 0 Å². The third-order valence-electron chi connectivity index (χ3n) is 3.53. The highest BCUT2D eigenvalue weighted by Gasteiger charge is 2.28. The van der Waals surface area contributed by atoms with Crippen LogP contribution in [0.4, 0.5) is 5.95 Å². The second-order valence-corrected chi connectivity index (χ2v) is 5.24. The summed E-state index contributed by atoms with van der Waals surface area (Å²) in [6.45, 7) is 10.6. The fourth-order valence-corrected chi connectivity index (χ4v) is 2.41. The van der Waals surface area contributed by atoms with Crippen molar-refractivity contribution in [2.45, 2.75) is 39.8 Å². The van der Waals surface area contributed by atoms with Gasteiger partial charge in [-0.1, -0.05) is 0 Å². The molecule has 4 heteroatoms. The van der Waals surface area contributed by atoms with Gasteiger partial charge in [-0.05, 0) is 40.8 Å². The van der Waals surface area contributed by atoms with Gasteiger partial charge in [0.15, 0.2) is 0 Å². The second kappa shape index (κ2) is 4.61. The normalized spacial score (nSPS) is 26.3. The molecule has 17 heavy (non-hydrogen) atoms. The minimum absolute atomic E-state index is 0.470. The molecular formula is C13H22N4. The van der Waals surface area contributed by atoms with Crippen LogP contribution in [0.3, 0.4) is 0 Å². The van der Waals surface area contributed by atoms with E-state index in [-0.39, 0.29) is 0 Å². The molecule has 1 aliphatic rings. The van der Waals surface area contributed by atoms with Crippen molar-refractivity contribution in [3.05, 3.63) is 17.5 Å². The van der Waals surface area contributed by atoms with E-state index >= 15 is 0 Å². The molecule has 2 atom stereocenters. The summed E-state index contributed by atoms with van der Waals surface area (Å²) in [5.41, 5.74) is 2.09. The van der Waals surface area contributed by atoms with Gasteiger partial charge in [0.2, 0.25) is 5.95 Å². The van der Waals surface area contributed by atoms with Crippen molar-refractivity contribution in [3.63, 3.8) is 0 Å². The van der Waals surface area contributed by atoms with Crippen molar-refractivity contribution in [2.75, 3.05) is 25.0 Å². The van der Waals surface area contributed by atoms with E-state index in [0.29, 0.717) is 12.1 Å². The molecule has 1 aliphatic heterocycles. The summed E-state index contributed by atoms with van der Waals surface area (Å²) in [5, 5.41) is 0. The molecule has 94 valence electrons. The highest BCUT2D eigenvalue weighted by atomic mass is 15.3. The van der Waals surface area contributed by atoms with Gasteiger partial charge < -0.3 is 4.90 Å². The van der Waals surface area contributed by atoms with Crippen molar-refractivity contribution in [3.8, 4) is 0 Å². The number of anilines is 1. The highest BCUT2D eigenvalue weighted by Crippen LogP contribution is 2.19. The monoisotopic (exact) mass is 234 g/mol. The maximum Gasteiger partial charge on any atom is 0.226 e. The number of aryl methyl sites for hydroxylation is 2. The molecule has 0 bridgehead atoms.